The lowest BCUT2D eigenvalue weighted by Gasteiger charge is -1.95. The molecule has 0 atom stereocenters. The minimum absolute atomic E-state index is 0.0936. The maximum absolute atomic E-state index is 10.1. The van der Waals surface area contributed by atoms with Gasteiger partial charge in [0.05, 0.1) is 6.61 Å². The Balaban J connectivity index is 2.96. The molecule has 0 bridgehead atoms. The summed E-state index contributed by atoms with van der Waals surface area (Å²) in [6.45, 7) is 2.24. The van der Waals surface area contributed by atoms with Gasteiger partial charge in [-0.05, 0) is 19.3 Å². The van der Waals surface area contributed by atoms with Gasteiger partial charge in [0.1, 0.15) is 0 Å². The van der Waals surface area contributed by atoms with Crippen molar-refractivity contribution in [3.05, 3.63) is 0 Å². The fourth-order valence-electron chi connectivity index (χ4n) is 1.15. The van der Waals surface area contributed by atoms with Crippen molar-refractivity contribution in [3.63, 3.8) is 0 Å². The van der Waals surface area contributed by atoms with E-state index in [2.05, 4.69) is 18.8 Å². The van der Waals surface area contributed by atoms with Gasteiger partial charge in [0.15, 0.2) is 0 Å². The molecule has 0 aliphatic rings. The van der Waals surface area contributed by atoms with Crippen molar-refractivity contribution in [2.24, 2.45) is 0 Å². The standard InChI is InChI=1S/C12H21O/c1-2-3-4-5-6-7-8-9-10-11-12-13/h2-3,6-12H2,1H3. The quantitative estimate of drug-likeness (QED) is 0.423. The molecule has 0 aromatic heterocycles. The van der Waals surface area contributed by atoms with Crippen LogP contribution in [0.2, 0.25) is 0 Å². The lowest BCUT2D eigenvalue weighted by molar-refractivity contribution is 0.186. The van der Waals surface area contributed by atoms with Crippen LogP contribution in [0.5, 0.6) is 0 Å². The van der Waals surface area contributed by atoms with E-state index in [9.17, 15) is 5.11 Å². The SMILES string of the molecule is CCCC#CCCCCCCC[O]. The van der Waals surface area contributed by atoms with Crippen molar-refractivity contribution in [2.45, 2.75) is 58.3 Å². The van der Waals surface area contributed by atoms with E-state index in [0.717, 1.165) is 32.1 Å². The van der Waals surface area contributed by atoms with E-state index in [-0.39, 0.29) is 6.61 Å². The van der Waals surface area contributed by atoms with Crippen molar-refractivity contribution >= 4 is 0 Å². The van der Waals surface area contributed by atoms with Crippen molar-refractivity contribution < 1.29 is 5.11 Å². The lowest BCUT2D eigenvalue weighted by Crippen LogP contribution is -1.81. The van der Waals surface area contributed by atoms with E-state index in [1.807, 2.05) is 0 Å². The summed E-state index contributed by atoms with van der Waals surface area (Å²) in [5.74, 6) is 6.30. The first-order chi connectivity index (χ1) is 6.41. The van der Waals surface area contributed by atoms with Gasteiger partial charge >= 0.3 is 0 Å². The summed E-state index contributed by atoms with van der Waals surface area (Å²) in [4.78, 5) is 0. The topological polar surface area (TPSA) is 19.9 Å². The van der Waals surface area contributed by atoms with E-state index in [1.54, 1.807) is 0 Å². The number of hydrogen-bond acceptors (Lipinski definition) is 0. The molecule has 0 fully saturated rings. The second kappa shape index (κ2) is 11.5. The lowest BCUT2D eigenvalue weighted by atomic mass is 10.1. The molecule has 0 spiro atoms. The van der Waals surface area contributed by atoms with Crippen LogP contribution in [0, 0.1) is 11.8 Å². The second-order valence-electron chi connectivity index (χ2n) is 3.33. The first-order valence-corrected chi connectivity index (χ1v) is 5.45. The maximum Gasteiger partial charge on any atom is 0.0822 e. The Morgan fingerprint density at radius 3 is 2.15 bits per heavy atom. The molecule has 1 radical (unpaired) electrons. The summed E-state index contributed by atoms with van der Waals surface area (Å²) in [6, 6.07) is 0. The van der Waals surface area contributed by atoms with E-state index in [1.165, 1.54) is 19.3 Å². The summed E-state index contributed by atoms with van der Waals surface area (Å²) in [5, 5.41) is 10.1. The minimum Gasteiger partial charge on any atom is -0.237 e. The van der Waals surface area contributed by atoms with Crippen LogP contribution in [-0.4, -0.2) is 6.61 Å². The molecule has 0 aliphatic carbocycles. The predicted molar refractivity (Wildman–Crippen MR) is 55.9 cm³/mol. The first kappa shape index (κ1) is 12.5. The third-order valence-electron chi connectivity index (χ3n) is 1.95. The molecule has 0 aliphatic heterocycles. The van der Waals surface area contributed by atoms with E-state index >= 15 is 0 Å². The number of rotatable bonds is 7. The van der Waals surface area contributed by atoms with Crippen LogP contribution in [-0.2, 0) is 5.11 Å². The highest BCUT2D eigenvalue weighted by molar-refractivity contribution is 4.98. The van der Waals surface area contributed by atoms with Gasteiger partial charge in [0.25, 0.3) is 0 Å². The van der Waals surface area contributed by atoms with Crippen molar-refractivity contribution in [2.75, 3.05) is 6.61 Å². The average Bonchev–Trinajstić information content (AvgIpc) is 2.16. The maximum atomic E-state index is 10.1. The molecule has 0 saturated carbocycles. The predicted octanol–water partition coefficient (Wildman–Crippen LogP) is 3.56. The molecule has 0 unspecified atom stereocenters. The molecule has 0 N–H and O–H groups in total. The van der Waals surface area contributed by atoms with Crippen molar-refractivity contribution in [3.8, 4) is 11.8 Å². The highest BCUT2D eigenvalue weighted by Gasteiger charge is 1.88. The Morgan fingerprint density at radius 2 is 1.46 bits per heavy atom. The highest BCUT2D eigenvalue weighted by Crippen LogP contribution is 2.04. The zero-order chi connectivity index (χ0) is 9.78. The van der Waals surface area contributed by atoms with Crippen LogP contribution in [0.25, 0.3) is 0 Å². The van der Waals surface area contributed by atoms with Gasteiger partial charge < -0.3 is 0 Å². The molecule has 0 amide bonds. The van der Waals surface area contributed by atoms with Crippen LogP contribution in [0.3, 0.4) is 0 Å². The molecule has 0 aromatic rings. The minimum atomic E-state index is 0.0936. The first-order valence-electron chi connectivity index (χ1n) is 5.45. The third kappa shape index (κ3) is 11.5. The molecule has 0 aromatic carbocycles. The smallest absolute Gasteiger partial charge is 0.0822 e. The molecule has 0 rings (SSSR count). The fourth-order valence-corrected chi connectivity index (χ4v) is 1.15. The van der Waals surface area contributed by atoms with E-state index in [0.29, 0.717) is 0 Å². The number of unbranched alkanes of at least 4 members (excludes halogenated alkanes) is 6. The van der Waals surface area contributed by atoms with E-state index in [4.69, 9.17) is 0 Å². The highest BCUT2D eigenvalue weighted by atomic mass is 16.2. The zero-order valence-corrected chi connectivity index (χ0v) is 8.77. The molecular weight excluding hydrogens is 160 g/mol. The Morgan fingerprint density at radius 1 is 0.846 bits per heavy atom. The summed E-state index contributed by atoms with van der Waals surface area (Å²) in [7, 11) is 0. The largest absolute Gasteiger partial charge is 0.237 e. The molecule has 0 heterocycles. The Kier molecular flexibility index (Phi) is 11.1. The van der Waals surface area contributed by atoms with Gasteiger partial charge in [-0.2, -0.15) is 0 Å². The monoisotopic (exact) mass is 181 g/mol. The molecule has 13 heavy (non-hydrogen) atoms. The molecule has 0 saturated heterocycles. The van der Waals surface area contributed by atoms with E-state index < -0.39 is 0 Å². The fraction of sp³-hybridized carbons (Fsp3) is 0.833. The molecular formula is C12H21O. The second-order valence-corrected chi connectivity index (χ2v) is 3.33. The van der Waals surface area contributed by atoms with Crippen LogP contribution in [0.4, 0.5) is 0 Å². The number of hydrogen-bond donors (Lipinski definition) is 0. The van der Waals surface area contributed by atoms with Crippen LogP contribution >= 0.6 is 0 Å². The Hall–Kier alpha value is -0.480. The third-order valence-corrected chi connectivity index (χ3v) is 1.95. The van der Waals surface area contributed by atoms with Gasteiger partial charge in [0.2, 0.25) is 0 Å². The van der Waals surface area contributed by atoms with Crippen LogP contribution in [0.15, 0.2) is 0 Å². The summed E-state index contributed by atoms with van der Waals surface area (Å²) in [6.07, 6.45) is 8.84. The van der Waals surface area contributed by atoms with Crippen LogP contribution < -0.4 is 0 Å². The van der Waals surface area contributed by atoms with Gasteiger partial charge in [-0.1, -0.05) is 26.2 Å². The molecule has 1 heteroatoms. The van der Waals surface area contributed by atoms with Crippen molar-refractivity contribution in [1.29, 1.82) is 0 Å². The van der Waals surface area contributed by atoms with Gasteiger partial charge in [-0.3, -0.25) is 0 Å². The average molecular weight is 181 g/mol. The van der Waals surface area contributed by atoms with Crippen LogP contribution in [0.1, 0.15) is 58.3 Å². The van der Waals surface area contributed by atoms with Gasteiger partial charge in [0, 0.05) is 12.8 Å². The summed E-state index contributed by atoms with van der Waals surface area (Å²) >= 11 is 0. The molecule has 1 nitrogen and oxygen atoms in total. The Labute approximate surface area is 82.5 Å². The van der Waals surface area contributed by atoms with Crippen molar-refractivity contribution in [1.82, 2.24) is 0 Å². The zero-order valence-electron chi connectivity index (χ0n) is 8.77. The normalized spacial score (nSPS) is 9.38. The Bertz CT molecular complexity index is 141. The molecule has 75 valence electrons. The van der Waals surface area contributed by atoms with Gasteiger partial charge in [-0.25, -0.2) is 5.11 Å². The summed E-state index contributed by atoms with van der Waals surface area (Å²) in [5.41, 5.74) is 0. The summed E-state index contributed by atoms with van der Waals surface area (Å²) < 4.78 is 0. The van der Waals surface area contributed by atoms with Gasteiger partial charge in [-0.15, -0.1) is 11.8 Å².